The van der Waals surface area contributed by atoms with E-state index in [4.69, 9.17) is 10.5 Å². The number of anilines is 1. The Labute approximate surface area is 125 Å². The topological polar surface area (TPSA) is 48.1 Å². The molecule has 0 unspecified atom stereocenters. The van der Waals surface area contributed by atoms with Crippen LogP contribution in [-0.4, -0.2) is 11.1 Å². The van der Waals surface area contributed by atoms with E-state index < -0.39 is 0 Å². The summed E-state index contributed by atoms with van der Waals surface area (Å²) in [6.07, 6.45) is 1.68. The zero-order chi connectivity index (χ0) is 15.6. The first-order valence-corrected chi connectivity index (χ1v) is 7.10. The molecular weight excluding hydrogens is 267 g/mol. The standard InChI is InChI=1S/C17H21FN2O/c1-10(2)14-8-13(18)9-15(17(14)19)12-5-6-20-16(7-12)21-11(3)4/h5-11H,19H2,1-4H3. The fraction of sp³-hybridized carbons (Fsp3) is 0.353. The van der Waals surface area contributed by atoms with Crippen LogP contribution >= 0.6 is 0 Å². The highest BCUT2D eigenvalue weighted by Crippen LogP contribution is 2.34. The highest BCUT2D eigenvalue weighted by molar-refractivity contribution is 5.79. The second-order valence-corrected chi connectivity index (χ2v) is 5.66. The summed E-state index contributed by atoms with van der Waals surface area (Å²) in [6, 6.07) is 6.55. The Hall–Kier alpha value is -2.10. The van der Waals surface area contributed by atoms with Gasteiger partial charge in [-0.1, -0.05) is 13.8 Å². The van der Waals surface area contributed by atoms with Crippen LogP contribution < -0.4 is 10.5 Å². The van der Waals surface area contributed by atoms with E-state index in [1.165, 1.54) is 12.1 Å². The van der Waals surface area contributed by atoms with E-state index in [9.17, 15) is 4.39 Å². The van der Waals surface area contributed by atoms with Gasteiger partial charge in [-0.2, -0.15) is 0 Å². The van der Waals surface area contributed by atoms with Crippen LogP contribution in [-0.2, 0) is 0 Å². The number of pyridine rings is 1. The average molecular weight is 288 g/mol. The van der Waals surface area contributed by atoms with Crippen LogP contribution in [0.2, 0.25) is 0 Å². The Balaban J connectivity index is 2.51. The van der Waals surface area contributed by atoms with Gasteiger partial charge in [-0.25, -0.2) is 9.37 Å². The van der Waals surface area contributed by atoms with E-state index in [2.05, 4.69) is 4.98 Å². The van der Waals surface area contributed by atoms with Crippen molar-refractivity contribution >= 4 is 5.69 Å². The van der Waals surface area contributed by atoms with Crippen molar-refractivity contribution in [3.05, 3.63) is 41.8 Å². The molecule has 0 aliphatic rings. The Morgan fingerprint density at radius 1 is 1.14 bits per heavy atom. The minimum atomic E-state index is -0.286. The molecule has 0 aliphatic heterocycles. The molecule has 0 spiro atoms. The molecule has 0 bridgehead atoms. The maximum atomic E-state index is 13.9. The van der Waals surface area contributed by atoms with Gasteiger partial charge in [0.1, 0.15) is 5.82 Å². The van der Waals surface area contributed by atoms with E-state index in [0.717, 1.165) is 11.1 Å². The van der Waals surface area contributed by atoms with E-state index in [0.29, 0.717) is 17.1 Å². The highest BCUT2D eigenvalue weighted by Gasteiger charge is 2.13. The maximum Gasteiger partial charge on any atom is 0.214 e. The van der Waals surface area contributed by atoms with E-state index in [1.54, 1.807) is 12.3 Å². The van der Waals surface area contributed by atoms with Gasteiger partial charge in [-0.3, -0.25) is 0 Å². The van der Waals surface area contributed by atoms with Gasteiger partial charge in [0.25, 0.3) is 0 Å². The molecule has 3 nitrogen and oxygen atoms in total. The number of halogens is 1. The fourth-order valence-electron chi connectivity index (χ4n) is 2.24. The monoisotopic (exact) mass is 288 g/mol. The molecule has 2 aromatic rings. The van der Waals surface area contributed by atoms with Gasteiger partial charge in [0.2, 0.25) is 5.88 Å². The molecule has 1 aromatic carbocycles. The maximum absolute atomic E-state index is 13.9. The molecule has 0 radical (unpaired) electrons. The van der Waals surface area contributed by atoms with Crippen LogP contribution in [0.5, 0.6) is 5.88 Å². The van der Waals surface area contributed by atoms with Crippen molar-refractivity contribution in [3.63, 3.8) is 0 Å². The Bertz CT molecular complexity index is 639. The average Bonchev–Trinajstić information content (AvgIpc) is 2.40. The molecule has 0 fully saturated rings. The van der Waals surface area contributed by atoms with Crippen LogP contribution in [0.15, 0.2) is 30.5 Å². The summed E-state index contributed by atoms with van der Waals surface area (Å²) in [4.78, 5) is 4.16. The summed E-state index contributed by atoms with van der Waals surface area (Å²) in [7, 11) is 0. The molecule has 112 valence electrons. The van der Waals surface area contributed by atoms with Crippen LogP contribution in [0.4, 0.5) is 10.1 Å². The summed E-state index contributed by atoms with van der Waals surface area (Å²) < 4.78 is 19.4. The quantitative estimate of drug-likeness (QED) is 0.849. The predicted octanol–water partition coefficient (Wildman–Crippen LogP) is 4.38. The summed E-state index contributed by atoms with van der Waals surface area (Å²) in [6.45, 7) is 7.85. The van der Waals surface area contributed by atoms with Crippen LogP contribution in [0, 0.1) is 5.82 Å². The van der Waals surface area contributed by atoms with Crippen molar-refractivity contribution in [1.29, 1.82) is 0 Å². The molecule has 0 saturated heterocycles. The summed E-state index contributed by atoms with van der Waals surface area (Å²) >= 11 is 0. The Kier molecular flexibility index (Phi) is 4.46. The van der Waals surface area contributed by atoms with Crippen molar-refractivity contribution in [1.82, 2.24) is 4.98 Å². The first kappa shape index (κ1) is 15.3. The number of hydrogen-bond acceptors (Lipinski definition) is 3. The highest BCUT2D eigenvalue weighted by atomic mass is 19.1. The first-order chi connectivity index (χ1) is 9.88. The molecule has 1 aromatic heterocycles. The largest absolute Gasteiger partial charge is 0.475 e. The lowest BCUT2D eigenvalue weighted by Gasteiger charge is -2.15. The summed E-state index contributed by atoms with van der Waals surface area (Å²) in [5.41, 5.74) is 9.11. The molecule has 2 rings (SSSR count). The fourth-order valence-corrected chi connectivity index (χ4v) is 2.24. The summed E-state index contributed by atoms with van der Waals surface area (Å²) in [5, 5.41) is 0. The lowest BCUT2D eigenvalue weighted by molar-refractivity contribution is 0.233. The molecule has 0 amide bonds. The third kappa shape index (κ3) is 3.51. The zero-order valence-electron chi connectivity index (χ0n) is 12.9. The van der Waals surface area contributed by atoms with Gasteiger partial charge >= 0.3 is 0 Å². The molecule has 2 N–H and O–H groups in total. The van der Waals surface area contributed by atoms with Crippen molar-refractivity contribution in [3.8, 4) is 17.0 Å². The second-order valence-electron chi connectivity index (χ2n) is 5.66. The predicted molar refractivity (Wildman–Crippen MR) is 83.9 cm³/mol. The van der Waals surface area contributed by atoms with Crippen LogP contribution in [0.1, 0.15) is 39.2 Å². The number of aromatic nitrogens is 1. The van der Waals surface area contributed by atoms with Gasteiger partial charge in [-0.15, -0.1) is 0 Å². The molecule has 0 saturated carbocycles. The summed E-state index contributed by atoms with van der Waals surface area (Å²) in [5.74, 6) is 0.385. The lowest BCUT2D eigenvalue weighted by Crippen LogP contribution is -2.07. The lowest BCUT2D eigenvalue weighted by atomic mass is 9.95. The SMILES string of the molecule is CC(C)Oc1cc(-c2cc(F)cc(C(C)C)c2N)ccn1. The minimum absolute atomic E-state index is 0.0313. The molecule has 21 heavy (non-hydrogen) atoms. The normalized spacial score (nSPS) is 11.2. The van der Waals surface area contributed by atoms with Gasteiger partial charge in [0.05, 0.1) is 6.10 Å². The Morgan fingerprint density at radius 2 is 1.86 bits per heavy atom. The van der Waals surface area contributed by atoms with Gasteiger partial charge in [-0.05, 0) is 49.1 Å². The number of nitrogens with two attached hydrogens (primary N) is 1. The first-order valence-electron chi connectivity index (χ1n) is 7.10. The third-order valence-electron chi connectivity index (χ3n) is 3.20. The third-order valence-corrected chi connectivity index (χ3v) is 3.20. The number of nitrogens with zero attached hydrogens (tertiary/aromatic N) is 1. The van der Waals surface area contributed by atoms with Gasteiger partial charge in [0.15, 0.2) is 0 Å². The number of ether oxygens (including phenoxy) is 1. The molecular formula is C17H21FN2O. The molecule has 0 aliphatic carbocycles. The molecule has 0 atom stereocenters. The zero-order valence-corrected chi connectivity index (χ0v) is 12.9. The van der Waals surface area contributed by atoms with Crippen LogP contribution in [0.3, 0.4) is 0 Å². The number of nitrogen functional groups attached to an aromatic ring is 1. The number of rotatable bonds is 4. The molecule has 1 heterocycles. The second kappa shape index (κ2) is 6.12. The van der Waals surface area contributed by atoms with Crippen LogP contribution in [0.25, 0.3) is 11.1 Å². The number of benzene rings is 1. The van der Waals surface area contributed by atoms with Crippen molar-refractivity contribution < 1.29 is 9.13 Å². The van der Waals surface area contributed by atoms with E-state index in [-0.39, 0.29) is 17.8 Å². The van der Waals surface area contributed by atoms with Crippen molar-refractivity contribution in [2.24, 2.45) is 0 Å². The molecule has 4 heteroatoms. The van der Waals surface area contributed by atoms with Crippen molar-refractivity contribution in [2.45, 2.75) is 39.7 Å². The minimum Gasteiger partial charge on any atom is -0.475 e. The smallest absolute Gasteiger partial charge is 0.214 e. The van der Waals surface area contributed by atoms with E-state index in [1.807, 2.05) is 33.8 Å². The van der Waals surface area contributed by atoms with Crippen molar-refractivity contribution in [2.75, 3.05) is 5.73 Å². The Morgan fingerprint density at radius 3 is 2.48 bits per heavy atom. The van der Waals surface area contributed by atoms with Gasteiger partial charge in [0, 0.05) is 23.5 Å². The van der Waals surface area contributed by atoms with Gasteiger partial charge < -0.3 is 10.5 Å². The number of hydrogen-bond donors (Lipinski definition) is 1. The van der Waals surface area contributed by atoms with E-state index >= 15 is 0 Å².